The molecular formula is C16H23ClN2O2. The topological polar surface area (TPSA) is 64.3 Å². The van der Waals surface area contributed by atoms with Crippen LogP contribution in [0.2, 0.25) is 5.02 Å². The van der Waals surface area contributed by atoms with Gasteiger partial charge in [-0.05, 0) is 36.5 Å². The number of benzene rings is 1. The standard InChI is InChI=1S/C16H23ClN2O2/c1-21-15(12-5-2-6-13(17)8-12)10-19-16(20)9-11-4-3-7-14(11)18/h2,5-6,8,11,14-15H,3-4,7,9-10,18H2,1H3,(H,19,20)/t11-,14+,15?/m0/s1. The second-order valence-electron chi connectivity index (χ2n) is 5.64. The number of rotatable bonds is 6. The summed E-state index contributed by atoms with van der Waals surface area (Å²) in [6, 6.07) is 7.66. The molecule has 0 aromatic heterocycles. The average Bonchev–Trinajstić information content (AvgIpc) is 2.85. The van der Waals surface area contributed by atoms with E-state index in [1.807, 2.05) is 24.3 Å². The van der Waals surface area contributed by atoms with Gasteiger partial charge in [0.15, 0.2) is 0 Å². The molecule has 2 rings (SSSR count). The molecule has 0 saturated heterocycles. The molecule has 1 aromatic carbocycles. The van der Waals surface area contributed by atoms with E-state index < -0.39 is 0 Å². The summed E-state index contributed by atoms with van der Waals surface area (Å²) in [5, 5.41) is 3.60. The van der Waals surface area contributed by atoms with E-state index in [2.05, 4.69) is 5.32 Å². The molecule has 0 heterocycles. The molecule has 1 aliphatic carbocycles. The quantitative estimate of drug-likeness (QED) is 0.849. The lowest BCUT2D eigenvalue weighted by Crippen LogP contribution is -2.34. The first kappa shape index (κ1) is 16.3. The predicted molar refractivity (Wildman–Crippen MR) is 84.1 cm³/mol. The Kier molecular flexibility index (Phi) is 6.03. The molecule has 1 aromatic rings. The monoisotopic (exact) mass is 310 g/mol. The van der Waals surface area contributed by atoms with Crippen LogP contribution in [0.15, 0.2) is 24.3 Å². The molecule has 1 saturated carbocycles. The van der Waals surface area contributed by atoms with Gasteiger partial charge in [0.05, 0.1) is 6.10 Å². The molecule has 1 aliphatic rings. The normalized spacial score (nSPS) is 23.0. The number of hydrogen-bond acceptors (Lipinski definition) is 3. The van der Waals surface area contributed by atoms with Gasteiger partial charge < -0.3 is 15.8 Å². The summed E-state index contributed by atoms with van der Waals surface area (Å²) in [5.41, 5.74) is 6.96. The van der Waals surface area contributed by atoms with Crippen molar-refractivity contribution in [2.24, 2.45) is 11.7 Å². The molecular weight excluding hydrogens is 288 g/mol. The lowest BCUT2D eigenvalue weighted by atomic mass is 10.00. The van der Waals surface area contributed by atoms with Crippen LogP contribution in [0.1, 0.15) is 37.4 Å². The summed E-state index contributed by atoms with van der Waals surface area (Å²) in [7, 11) is 1.63. The number of hydrogen-bond donors (Lipinski definition) is 2. The van der Waals surface area contributed by atoms with Gasteiger partial charge in [-0.2, -0.15) is 0 Å². The fraction of sp³-hybridized carbons (Fsp3) is 0.562. The van der Waals surface area contributed by atoms with Crippen molar-refractivity contribution in [3.63, 3.8) is 0 Å². The lowest BCUT2D eigenvalue weighted by molar-refractivity contribution is -0.122. The molecule has 3 atom stereocenters. The Bertz CT molecular complexity index is 481. The highest BCUT2D eigenvalue weighted by molar-refractivity contribution is 6.30. The second-order valence-corrected chi connectivity index (χ2v) is 6.08. The van der Waals surface area contributed by atoms with Crippen molar-refractivity contribution < 1.29 is 9.53 Å². The summed E-state index contributed by atoms with van der Waals surface area (Å²) in [4.78, 5) is 12.0. The summed E-state index contributed by atoms with van der Waals surface area (Å²) < 4.78 is 5.43. The van der Waals surface area contributed by atoms with Gasteiger partial charge in [0, 0.05) is 31.1 Å². The SMILES string of the molecule is COC(CNC(=O)C[C@@H]1CCC[C@H]1N)c1cccc(Cl)c1. The molecule has 3 N–H and O–H groups in total. The van der Waals surface area contributed by atoms with E-state index in [4.69, 9.17) is 22.1 Å². The maximum absolute atomic E-state index is 12.0. The average molecular weight is 311 g/mol. The Morgan fingerprint density at radius 2 is 2.33 bits per heavy atom. The van der Waals surface area contributed by atoms with Gasteiger partial charge in [0.2, 0.25) is 5.91 Å². The van der Waals surface area contributed by atoms with E-state index in [1.54, 1.807) is 7.11 Å². The van der Waals surface area contributed by atoms with Crippen molar-refractivity contribution in [2.75, 3.05) is 13.7 Å². The van der Waals surface area contributed by atoms with E-state index in [9.17, 15) is 4.79 Å². The Labute approximate surface area is 131 Å². The van der Waals surface area contributed by atoms with Crippen LogP contribution in [0.4, 0.5) is 0 Å². The number of nitrogens with two attached hydrogens (primary N) is 1. The van der Waals surface area contributed by atoms with Crippen molar-refractivity contribution in [2.45, 2.75) is 37.8 Å². The molecule has 116 valence electrons. The van der Waals surface area contributed by atoms with Crippen LogP contribution >= 0.6 is 11.6 Å². The summed E-state index contributed by atoms with van der Waals surface area (Å²) >= 11 is 5.98. The highest BCUT2D eigenvalue weighted by Crippen LogP contribution is 2.26. The minimum atomic E-state index is -0.190. The third kappa shape index (κ3) is 4.70. The van der Waals surface area contributed by atoms with E-state index in [0.717, 1.165) is 24.8 Å². The first-order valence-corrected chi connectivity index (χ1v) is 7.78. The lowest BCUT2D eigenvalue weighted by Gasteiger charge is -2.19. The molecule has 1 unspecified atom stereocenters. The van der Waals surface area contributed by atoms with E-state index in [0.29, 0.717) is 23.9 Å². The predicted octanol–water partition coefficient (Wildman–Crippen LogP) is 2.66. The van der Waals surface area contributed by atoms with Gasteiger partial charge in [-0.25, -0.2) is 0 Å². The zero-order valence-corrected chi connectivity index (χ0v) is 13.1. The third-order valence-electron chi connectivity index (χ3n) is 4.16. The van der Waals surface area contributed by atoms with Gasteiger partial charge >= 0.3 is 0 Å². The summed E-state index contributed by atoms with van der Waals surface area (Å²) in [5.74, 6) is 0.360. The number of ether oxygens (including phenoxy) is 1. The van der Waals surface area contributed by atoms with Crippen LogP contribution in [0.25, 0.3) is 0 Å². The Morgan fingerprint density at radius 1 is 1.52 bits per heavy atom. The van der Waals surface area contributed by atoms with Gasteiger partial charge in [-0.3, -0.25) is 4.79 Å². The van der Waals surface area contributed by atoms with Crippen molar-refractivity contribution in [3.05, 3.63) is 34.9 Å². The zero-order valence-electron chi connectivity index (χ0n) is 12.3. The highest BCUT2D eigenvalue weighted by Gasteiger charge is 2.26. The number of halogens is 1. The molecule has 1 fully saturated rings. The fourth-order valence-corrected chi connectivity index (χ4v) is 3.08. The molecule has 4 nitrogen and oxygen atoms in total. The van der Waals surface area contributed by atoms with Crippen LogP contribution in [0, 0.1) is 5.92 Å². The van der Waals surface area contributed by atoms with Crippen LogP contribution in [0.3, 0.4) is 0 Å². The van der Waals surface area contributed by atoms with Crippen LogP contribution < -0.4 is 11.1 Å². The molecule has 0 spiro atoms. The first-order valence-electron chi connectivity index (χ1n) is 7.40. The van der Waals surface area contributed by atoms with E-state index in [-0.39, 0.29) is 18.1 Å². The maximum atomic E-state index is 12.0. The summed E-state index contributed by atoms with van der Waals surface area (Å²) in [6.45, 7) is 0.442. The van der Waals surface area contributed by atoms with Crippen LogP contribution in [0.5, 0.6) is 0 Å². The largest absolute Gasteiger partial charge is 0.375 e. The van der Waals surface area contributed by atoms with Crippen molar-refractivity contribution in [3.8, 4) is 0 Å². The van der Waals surface area contributed by atoms with Gasteiger partial charge in [0.25, 0.3) is 0 Å². The minimum absolute atomic E-state index is 0.0430. The van der Waals surface area contributed by atoms with E-state index in [1.165, 1.54) is 0 Å². The van der Waals surface area contributed by atoms with Gasteiger partial charge in [-0.15, -0.1) is 0 Å². The Morgan fingerprint density at radius 3 is 2.95 bits per heavy atom. The molecule has 5 heteroatoms. The zero-order chi connectivity index (χ0) is 15.2. The minimum Gasteiger partial charge on any atom is -0.375 e. The number of carbonyl (C=O) groups excluding carboxylic acids is 1. The number of carbonyl (C=O) groups is 1. The van der Waals surface area contributed by atoms with Crippen molar-refractivity contribution in [1.29, 1.82) is 0 Å². The second kappa shape index (κ2) is 7.78. The highest BCUT2D eigenvalue weighted by atomic mass is 35.5. The van der Waals surface area contributed by atoms with Gasteiger partial charge in [0.1, 0.15) is 0 Å². The van der Waals surface area contributed by atoms with Gasteiger partial charge in [-0.1, -0.05) is 30.2 Å². The fourth-order valence-electron chi connectivity index (χ4n) is 2.88. The van der Waals surface area contributed by atoms with Crippen molar-refractivity contribution in [1.82, 2.24) is 5.32 Å². The number of methoxy groups -OCH3 is 1. The Hall–Kier alpha value is -1.10. The molecule has 0 radical (unpaired) electrons. The van der Waals surface area contributed by atoms with Crippen LogP contribution in [-0.2, 0) is 9.53 Å². The molecule has 0 bridgehead atoms. The molecule has 0 aliphatic heterocycles. The number of nitrogens with one attached hydrogen (secondary N) is 1. The van der Waals surface area contributed by atoms with Crippen LogP contribution in [-0.4, -0.2) is 25.6 Å². The smallest absolute Gasteiger partial charge is 0.220 e. The first-order chi connectivity index (χ1) is 10.1. The molecule has 1 amide bonds. The molecule has 21 heavy (non-hydrogen) atoms. The number of amides is 1. The maximum Gasteiger partial charge on any atom is 0.220 e. The summed E-state index contributed by atoms with van der Waals surface area (Å²) in [6.07, 6.45) is 3.53. The Balaban J connectivity index is 1.84. The van der Waals surface area contributed by atoms with Crippen molar-refractivity contribution >= 4 is 17.5 Å². The van der Waals surface area contributed by atoms with E-state index >= 15 is 0 Å². The third-order valence-corrected chi connectivity index (χ3v) is 4.39.